The maximum absolute atomic E-state index is 12.7. The molecular weight excluding hydrogens is 234 g/mol. The fraction of sp³-hybridized carbons (Fsp3) is 0.706. The number of hydrogen-bond acceptors (Lipinski definition) is 1. The van der Waals surface area contributed by atoms with Gasteiger partial charge in [0.2, 0.25) is 0 Å². The fourth-order valence-electron chi connectivity index (χ4n) is 4.64. The van der Waals surface area contributed by atoms with Crippen LogP contribution >= 0.6 is 0 Å². The SMILES string of the molecule is CC1(C)CC2CC(C)(CN2C(=O)C2=CCCC=C2)C1. The summed E-state index contributed by atoms with van der Waals surface area (Å²) in [5.74, 6) is 0.266. The molecule has 19 heavy (non-hydrogen) atoms. The third kappa shape index (κ3) is 2.37. The summed E-state index contributed by atoms with van der Waals surface area (Å²) < 4.78 is 0. The van der Waals surface area contributed by atoms with Gasteiger partial charge in [-0.2, -0.15) is 0 Å². The highest BCUT2D eigenvalue weighted by Gasteiger charge is 2.51. The highest BCUT2D eigenvalue weighted by Crippen LogP contribution is 2.52. The first-order valence-corrected chi connectivity index (χ1v) is 7.56. The van der Waals surface area contributed by atoms with Gasteiger partial charge in [-0.05, 0) is 42.9 Å². The minimum Gasteiger partial charge on any atom is -0.335 e. The number of carbonyl (C=O) groups is 1. The summed E-state index contributed by atoms with van der Waals surface area (Å²) in [6, 6.07) is 0.456. The molecule has 2 heteroatoms. The van der Waals surface area contributed by atoms with Crippen molar-refractivity contribution in [2.45, 2.75) is 58.9 Å². The van der Waals surface area contributed by atoms with Gasteiger partial charge in [-0.15, -0.1) is 0 Å². The van der Waals surface area contributed by atoms with E-state index in [2.05, 4.69) is 37.8 Å². The Kier molecular flexibility index (Phi) is 2.88. The summed E-state index contributed by atoms with van der Waals surface area (Å²) >= 11 is 0. The number of hydrogen-bond donors (Lipinski definition) is 0. The van der Waals surface area contributed by atoms with Crippen molar-refractivity contribution in [3.8, 4) is 0 Å². The zero-order valence-corrected chi connectivity index (χ0v) is 12.4. The molecule has 1 heterocycles. The van der Waals surface area contributed by atoms with Gasteiger partial charge in [0.1, 0.15) is 0 Å². The molecule has 2 fully saturated rings. The van der Waals surface area contributed by atoms with Crippen LogP contribution in [-0.4, -0.2) is 23.4 Å². The van der Waals surface area contributed by atoms with E-state index in [1.54, 1.807) is 0 Å². The molecule has 0 N–H and O–H groups in total. The summed E-state index contributed by atoms with van der Waals surface area (Å²) in [5.41, 5.74) is 1.63. The molecule has 3 aliphatic rings. The maximum Gasteiger partial charge on any atom is 0.253 e. The fourth-order valence-corrected chi connectivity index (χ4v) is 4.64. The number of rotatable bonds is 1. The Morgan fingerprint density at radius 3 is 2.74 bits per heavy atom. The van der Waals surface area contributed by atoms with E-state index in [4.69, 9.17) is 0 Å². The maximum atomic E-state index is 12.7. The number of likely N-dealkylation sites (tertiary alicyclic amines) is 1. The van der Waals surface area contributed by atoms with E-state index in [-0.39, 0.29) is 5.91 Å². The predicted octanol–water partition coefficient (Wildman–Crippen LogP) is 3.69. The van der Waals surface area contributed by atoms with Crippen molar-refractivity contribution in [3.63, 3.8) is 0 Å². The Labute approximate surface area is 116 Å². The monoisotopic (exact) mass is 259 g/mol. The van der Waals surface area contributed by atoms with Gasteiger partial charge in [-0.25, -0.2) is 0 Å². The van der Waals surface area contributed by atoms with Gasteiger partial charge in [0.25, 0.3) is 5.91 Å². The zero-order chi connectivity index (χ0) is 13.7. The van der Waals surface area contributed by atoms with Gasteiger partial charge in [0.15, 0.2) is 0 Å². The lowest BCUT2D eigenvalue weighted by Gasteiger charge is -2.39. The summed E-state index contributed by atoms with van der Waals surface area (Å²) in [4.78, 5) is 14.9. The van der Waals surface area contributed by atoms with E-state index in [1.165, 1.54) is 12.8 Å². The molecule has 0 aromatic carbocycles. The van der Waals surface area contributed by atoms with Crippen molar-refractivity contribution in [3.05, 3.63) is 23.8 Å². The first-order chi connectivity index (χ1) is 8.89. The van der Waals surface area contributed by atoms with E-state index >= 15 is 0 Å². The van der Waals surface area contributed by atoms with Crippen LogP contribution in [0.2, 0.25) is 0 Å². The lowest BCUT2D eigenvalue weighted by atomic mass is 9.65. The van der Waals surface area contributed by atoms with Crippen molar-refractivity contribution in [1.29, 1.82) is 0 Å². The molecule has 104 valence electrons. The van der Waals surface area contributed by atoms with E-state index in [9.17, 15) is 4.79 Å². The average molecular weight is 259 g/mol. The summed E-state index contributed by atoms with van der Waals surface area (Å²) in [5, 5.41) is 0. The molecule has 0 spiro atoms. The van der Waals surface area contributed by atoms with Crippen LogP contribution in [0.1, 0.15) is 52.9 Å². The van der Waals surface area contributed by atoms with Crippen LogP contribution in [0.4, 0.5) is 0 Å². The van der Waals surface area contributed by atoms with E-state index in [0.717, 1.165) is 31.4 Å². The van der Waals surface area contributed by atoms with Crippen LogP contribution in [0.5, 0.6) is 0 Å². The molecule has 1 amide bonds. The molecule has 1 saturated carbocycles. The topological polar surface area (TPSA) is 20.3 Å². The molecule has 0 aromatic heterocycles. The molecule has 1 aliphatic heterocycles. The standard InChI is InChI=1S/C17H25NO/c1-16(2)9-14-10-17(3,11-16)12-18(14)15(19)13-7-5-4-6-8-13/h5,7-8,14H,4,6,9-12H2,1-3H3. The lowest BCUT2D eigenvalue weighted by Crippen LogP contribution is -2.38. The minimum atomic E-state index is 0.266. The van der Waals surface area contributed by atoms with Crippen LogP contribution in [0.15, 0.2) is 23.8 Å². The second-order valence-electron chi connectivity index (χ2n) is 7.79. The lowest BCUT2D eigenvalue weighted by molar-refractivity contribution is -0.127. The van der Waals surface area contributed by atoms with Crippen LogP contribution in [0.3, 0.4) is 0 Å². The number of carbonyl (C=O) groups excluding carboxylic acids is 1. The third-order valence-electron chi connectivity index (χ3n) is 4.92. The first kappa shape index (κ1) is 13.0. The second kappa shape index (κ2) is 4.22. The highest BCUT2D eigenvalue weighted by atomic mass is 16.2. The van der Waals surface area contributed by atoms with Crippen molar-refractivity contribution in [2.75, 3.05) is 6.54 Å². The van der Waals surface area contributed by atoms with Crippen LogP contribution in [0.25, 0.3) is 0 Å². The van der Waals surface area contributed by atoms with Crippen molar-refractivity contribution >= 4 is 5.91 Å². The number of fused-ring (bicyclic) bond motifs is 2. The normalized spacial score (nSPS) is 36.3. The molecular formula is C17H25NO. The van der Waals surface area contributed by atoms with E-state index < -0.39 is 0 Å². The van der Waals surface area contributed by atoms with Crippen LogP contribution in [-0.2, 0) is 4.79 Å². The number of amides is 1. The third-order valence-corrected chi connectivity index (χ3v) is 4.92. The Morgan fingerprint density at radius 2 is 2.05 bits per heavy atom. The van der Waals surface area contributed by atoms with Gasteiger partial charge in [0, 0.05) is 18.2 Å². The van der Waals surface area contributed by atoms with Gasteiger partial charge in [-0.3, -0.25) is 4.79 Å². The molecule has 2 unspecified atom stereocenters. The molecule has 2 atom stereocenters. The summed E-state index contributed by atoms with van der Waals surface area (Å²) in [6.07, 6.45) is 11.9. The van der Waals surface area contributed by atoms with Gasteiger partial charge in [0.05, 0.1) is 0 Å². The quantitative estimate of drug-likeness (QED) is 0.703. The Hall–Kier alpha value is -1.05. The van der Waals surface area contributed by atoms with E-state index in [0.29, 0.717) is 16.9 Å². The Balaban J connectivity index is 1.82. The average Bonchev–Trinajstić information content (AvgIpc) is 2.59. The number of allylic oxidation sites excluding steroid dienone is 2. The first-order valence-electron chi connectivity index (χ1n) is 7.56. The van der Waals surface area contributed by atoms with Crippen molar-refractivity contribution in [2.24, 2.45) is 10.8 Å². The molecule has 2 nitrogen and oxygen atoms in total. The second-order valence-corrected chi connectivity index (χ2v) is 7.79. The van der Waals surface area contributed by atoms with Crippen LogP contribution in [0, 0.1) is 10.8 Å². The molecule has 2 aliphatic carbocycles. The molecule has 2 bridgehead atoms. The van der Waals surface area contributed by atoms with E-state index in [1.807, 2.05) is 6.08 Å². The predicted molar refractivity (Wildman–Crippen MR) is 77.7 cm³/mol. The summed E-state index contributed by atoms with van der Waals surface area (Å²) in [7, 11) is 0. The largest absolute Gasteiger partial charge is 0.335 e. The van der Waals surface area contributed by atoms with Crippen molar-refractivity contribution in [1.82, 2.24) is 4.90 Å². The summed E-state index contributed by atoms with van der Waals surface area (Å²) in [6.45, 7) is 8.01. The van der Waals surface area contributed by atoms with Gasteiger partial charge >= 0.3 is 0 Å². The number of nitrogens with zero attached hydrogens (tertiary/aromatic N) is 1. The molecule has 0 aromatic rings. The van der Waals surface area contributed by atoms with Crippen molar-refractivity contribution < 1.29 is 4.79 Å². The Morgan fingerprint density at radius 1 is 1.26 bits per heavy atom. The molecule has 0 radical (unpaired) electrons. The smallest absolute Gasteiger partial charge is 0.253 e. The highest BCUT2D eigenvalue weighted by molar-refractivity contribution is 5.96. The van der Waals surface area contributed by atoms with Gasteiger partial charge in [-0.1, -0.05) is 39.0 Å². The Bertz CT molecular complexity index is 460. The molecule has 3 rings (SSSR count). The van der Waals surface area contributed by atoms with Gasteiger partial charge < -0.3 is 4.90 Å². The van der Waals surface area contributed by atoms with Crippen LogP contribution < -0.4 is 0 Å². The zero-order valence-electron chi connectivity index (χ0n) is 12.4. The minimum absolute atomic E-state index is 0.266. The molecule has 1 saturated heterocycles.